The minimum absolute atomic E-state index is 0.0235. The van der Waals surface area contributed by atoms with Crippen molar-refractivity contribution in [3.05, 3.63) is 35.9 Å². The van der Waals surface area contributed by atoms with Crippen LogP contribution in [0, 0.1) is 11.8 Å². The fourth-order valence-corrected chi connectivity index (χ4v) is 2.77. The zero-order valence-corrected chi connectivity index (χ0v) is 8.93. The summed E-state index contributed by atoms with van der Waals surface area (Å²) in [7, 11) is 0. The topological polar surface area (TPSA) is 46.5 Å². The summed E-state index contributed by atoms with van der Waals surface area (Å²) in [5.74, 6) is -0.558. The molecule has 0 bridgehead atoms. The summed E-state index contributed by atoms with van der Waals surface area (Å²) < 4.78 is 5.33. The smallest absolute Gasteiger partial charge is 0.306 e. The van der Waals surface area contributed by atoms with Crippen LogP contribution in [0.15, 0.2) is 30.3 Å². The van der Waals surface area contributed by atoms with E-state index >= 15 is 0 Å². The van der Waals surface area contributed by atoms with Crippen LogP contribution in [0.2, 0.25) is 0 Å². The number of aliphatic carboxylic acids is 1. The van der Waals surface area contributed by atoms with Crippen molar-refractivity contribution >= 4 is 5.97 Å². The molecule has 16 heavy (non-hydrogen) atoms. The van der Waals surface area contributed by atoms with Gasteiger partial charge in [0.2, 0.25) is 0 Å². The summed E-state index contributed by atoms with van der Waals surface area (Å²) in [6.07, 6.45) is 0.799. The van der Waals surface area contributed by atoms with Crippen molar-refractivity contribution in [2.24, 2.45) is 11.8 Å². The molecule has 2 atom stereocenters. The van der Waals surface area contributed by atoms with Crippen LogP contribution in [0.1, 0.15) is 12.0 Å². The van der Waals surface area contributed by atoms with Crippen LogP contribution in [0.3, 0.4) is 0 Å². The van der Waals surface area contributed by atoms with Gasteiger partial charge in [-0.3, -0.25) is 4.79 Å². The summed E-state index contributed by atoms with van der Waals surface area (Å²) >= 11 is 0. The van der Waals surface area contributed by atoms with Gasteiger partial charge in [-0.25, -0.2) is 0 Å². The van der Waals surface area contributed by atoms with Crippen molar-refractivity contribution in [3.8, 4) is 0 Å². The molecule has 0 amide bonds. The molecule has 1 N–H and O–H groups in total. The first-order valence-electron chi connectivity index (χ1n) is 5.60. The zero-order chi connectivity index (χ0) is 11.2. The molecule has 1 aromatic carbocycles. The van der Waals surface area contributed by atoms with Crippen molar-refractivity contribution in [2.75, 3.05) is 13.2 Å². The molecule has 3 rings (SSSR count). The van der Waals surface area contributed by atoms with E-state index < -0.39 is 5.97 Å². The fraction of sp³-hybridized carbons (Fsp3) is 0.462. The molecule has 1 saturated heterocycles. The van der Waals surface area contributed by atoms with Crippen LogP contribution >= 0.6 is 0 Å². The van der Waals surface area contributed by atoms with Crippen LogP contribution < -0.4 is 0 Å². The molecule has 1 saturated carbocycles. The maximum atomic E-state index is 10.9. The Morgan fingerprint density at radius 2 is 2.00 bits per heavy atom. The molecule has 1 aliphatic heterocycles. The normalized spacial score (nSPS) is 30.5. The SMILES string of the molecule is O=C(O)C1CC1C1(c2ccccc2)COC1. The van der Waals surface area contributed by atoms with Gasteiger partial charge >= 0.3 is 5.97 Å². The van der Waals surface area contributed by atoms with Gasteiger partial charge in [0.1, 0.15) is 0 Å². The van der Waals surface area contributed by atoms with Gasteiger partial charge in [-0.1, -0.05) is 30.3 Å². The van der Waals surface area contributed by atoms with Gasteiger partial charge in [0, 0.05) is 5.41 Å². The molecule has 0 radical (unpaired) electrons. The second-order valence-electron chi connectivity index (χ2n) is 4.80. The molecule has 2 aliphatic rings. The molecule has 0 aromatic heterocycles. The Morgan fingerprint density at radius 3 is 2.44 bits per heavy atom. The number of carboxylic acids is 1. The van der Waals surface area contributed by atoms with Crippen LogP contribution in [0.5, 0.6) is 0 Å². The molecule has 1 aliphatic carbocycles. The van der Waals surface area contributed by atoms with Gasteiger partial charge in [-0.15, -0.1) is 0 Å². The van der Waals surface area contributed by atoms with E-state index in [1.165, 1.54) is 5.56 Å². The van der Waals surface area contributed by atoms with E-state index in [-0.39, 0.29) is 17.3 Å². The molecule has 2 unspecified atom stereocenters. The van der Waals surface area contributed by atoms with Gasteiger partial charge in [0.05, 0.1) is 19.1 Å². The van der Waals surface area contributed by atoms with E-state index in [0.717, 1.165) is 6.42 Å². The molecule has 3 nitrogen and oxygen atoms in total. The van der Waals surface area contributed by atoms with E-state index in [9.17, 15) is 4.79 Å². The van der Waals surface area contributed by atoms with Crippen LogP contribution in [-0.2, 0) is 14.9 Å². The highest BCUT2D eigenvalue weighted by Crippen LogP contribution is 2.55. The van der Waals surface area contributed by atoms with Gasteiger partial charge in [0.25, 0.3) is 0 Å². The number of benzene rings is 1. The summed E-state index contributed by atoms with van der Waals surface area (Å²) in [5.41, 5.74) is 1.21. The van der Waals surface area contributed by atoms with E-state index in [4.69, 9.17) is 9.84 Å². The van der Waals surface area contributed by atoms with E-state index in [1.54, 1.807) is 0 Å². The number of carbonyl (C=O) groups is 1. The van der Waals surface area contributed by atoms with Crippen LogP contribution in [-0.4, -0.2) is 24.3 Å². The lowest BCUT2D eigenvalue weighted by Crippen LogP contribution is -2.49. The predicted octanol–water partition coefficient (Wildman–Crippen LogP) is 1.68. The fourth-order valence-electron chi connectivity index (χ4n) is 2.77. The summed E-state index contributed by atoms with van der Waals surface area (Å²) in [6, 6.07) is 10.2. The lowest BCUT2D eigenvalue weighted by molar-refractivity contribution is -0.140. The third kappa shape index (κ3) is 1.28. The summed E-state index contributed by atoms with van der Waals surface area (Å²) in [5, 5.41) is 9.01. The van der Waals surface area contributed by atoms with Crippen LogP contribution in [0.25, 0.3) is 0 Å². The highest BCUT2D eigenvalue weighted by Gasteiger charge is 2.60. The Bertz CT molecular complexity index is 408. The van der Waals surface area contributed by atoms with Gasteiger partial charge in [0.15, 0.2) is 0 Å². The number of hydrogen-bond acceptors (Lipinski definition) is 2. The van der Waals surface area contributed by atoms with E-state index in [2.05, 4.69) is 12.1 Å². The van der Waals surface area contributed by atoms with Crippen molar-refractivity contribution in [1.82, 2.24) is 0 Å². The molecular formula is C13H14O3. The molecule has 1 heterocycles. The highest BCUT2D eigenvalue weighted by molar-refractivity contribution is 5.74. The number of carboxylic acid groups (broad SMARTS) is 1. The first kappa shape index (κ1) is 9.85. The maximum absolute atomic E-state index is 10.9. The predicted molar refractivity (Wildman–Crippen MR) is 58.2 cm³/mol. The first-order valence-corrected chi connectivity index (χ1v) is 5.60. The zero-order valence-electron chi connectivity index (χ0n) is 8.93. The average Bonchev–Trinajstić information content (AvgIpc) is 2.98. The molecule has 1 aromatic rings. The van der Waals surface area contributed by atoms with Gasteiger partial charge < -0.3 is 9.84 Å². The average molecular weight is 218 g/mol. The minimum Gasteiger partial charge on any atom is -0.481 e. The summed E-state index contributed by atoms with van der Waals surface area (Å²) in [4.78, 5) is 10.9. The second kappa shape index (κ2) is 3.32. The second-order valence-corrected chi connectivity index (χ2v) is 4.80. The number of hydrogen-bond donors (Lipinski definition) is 1. The molecule has 3 heteroatoms. The minimum atomic E-state index is -0.660. The Balaban J connectivity index is 1.88. The number of rotatable bonds is 3. The van der Waals surface area contributed by atoms with E-state index in [0.29, 0.717) is 13.2 Å². The number of ether oxygens (including phenoxy) is 1. The molecular weight excluding hydrogens is 204 g/mol. The van der Waals surface area contributed by atoms with Crippen molar-refractivity contribution < 1.29 is 14.6 Å². The van der Waals surface area contributed by atoms with Crippen molar-refractivity contribution in [1.29, 1.82) is 0 Å². The first-order chi connectivity index (χ1) is 7.74. The Morgan fingerprint density at radius 1 is 1.31 bits per heavy atom. The quantitative estimate of drug-likeness (QED) is 0.839. The maximum Gasteiger partial charge on any atom is 0.306 e. The standard InChI is InChI=1S/C13H14O3/c14-12(15)10-6-11(10)13(7-16-8-13)9-4-2-1-3-5-9/h1-5,10-11H,6-8H2,(H,14,15). The molecule has 2 fully saturated rings. The lowest BCUT2D eigenvalue weighted by atomic mass is 9.73. The van der Waals surface area contributed by atoms with Crippen molar-refractivity contribution in [3.63, 3.8) is 0 Å². The third-order valence-electron chi connectivity index (χ3n) is 3.89. The van der Waals surface area contributed by atoms with E-state index in [1.807, 2.05) is 18.2 Å². The molecule has 0 spiro atoms. The van der Waals surface area contributed by atoms with Gasteiger partial charge in [-0.05, 0) is 17.9 Å². The lowest BCUT2D eigenvalue weighted by Gasteiger charge is -2.42. The van der Waals surface area contributed by atoms with Crippen molar-refractivity contribution in [2.45, 2.75) is 11.8 Å². The molecule has 84 valence electrons. The highest BCUT2D eigenvalue weighted by atomic mass is 16.5. The summed E-state index contributed by atoms with van der Waals surface area (Å²) in [6.45, 7) is 1.34. The Labute approximate surface area is 94.0 Å². The van der Waals surface area contributed by atoms with Gasteiger partial charge in [-0.2, -0.15) is 0 Å². The largest absolute Gasteiger partial charge is 0.481 e. The monoisotopic (exact) mass is 218 g/mol. The third-order valence-corrected chi connectivity index (χ3v) is 3.89. The Kier molecular flexibility index (Phi) is 2.04. The Hall–Kier alpha value is -1.35. The van der Waals surface area contributed by atoms with Crippen LogP contribution in [0.4, 0.5) is 0 Å².